The molecule has 1 saturated carbocycles. The van der Waals surface area contributed by atoms with Crippen LogP contribution in [-0.4, -0.2) is 17.9 Å². The second-order valence-corrected chi connectivity index (χ2v) is 5.78. The molecular weight excluding hydrogens is 290 g/mol. The van der Waals surface area contributed by atoms with Crippen LogP contribution in [0.5, 0.6) is 0 Å². The van der Waals surface area contributed by atoms with Crippen LogP contribution in [0.15, 0.2) is 60.7 Å². The van der Waals surface area contributed by atoms with E-state index < -0.39 is 6.09 Å². The fourth-order valence-corrected chi connectivity index (χ4v) is 2.98. The van der Waals surface area contributed by atoms with Gasteiger partial charge in [-0.05, 0) is 11.1 Å². The lowest BCUT2D eigenvalue weighted by Gasteiger charge is -2.20. The summed E-state index contributed by atoms with van der Waals surface area (Å²) in [5.41, 5.74) is 2.01. The first-order chi connectivity index (χ1) is 11.2. The second kappa shape index (κ2) is 7.09. The van der Waals surface area contributed by atoms with Gasteiger partial charge in [-0.15, -0.1) is 0 Å². The highest BCUT2D eigenvalue weighted by Crippen LogP contribution is 2.32. The lowest BCUT2D eigenvalue weighted by atomic mass is 9.94. The van der Waals surface area contributed by atoms with Crippen LogP contribution in [0.4, 0.5) is 4.79 Å². The van der Waals surface area contributed by atoms with Crippen molar-refractivity contribution in [2.45, 2.75) is 31.4 Å². The van der Waals surface area contributed by atoms with Crippen molar-refractivity contribution in [1.82, 2.24) is 5.32 Å². The maximum Gasteiger partial charge on any atom is 0.407 e. The van der Waals surface area contributed by atoms with Gasteiger partial charge in [0.2, 0.25) is 0 Å². The Morgan fingerprint density at radius 2 is 1.65 bits per heavy atom. The Bertz CT molecular complexity index is 670. The van der Waals surface area contributed by atoms with E-state index in [0.29, 0.717) is 12.8 Å². The molecule has 23 heavy (non-hydrogen) atoms. The molecule has 0 aliphatic heterocycles. The number of alkyl carbamates (subject to hydrolysis) is 1. The average Bonchev–Trinajstić information content (AvgIpc) is 2.95. The molecule has 2 atom stereocenters. The van der Waals surface area contributed by atoms with Crippen molar-refractivity contribution in [2.75, 3.05) is 0 Å². The van der Waals surface area contributed by atoms with Gasteiger partial charge in [-0.2, -0.15) is 0 Å². The number of nitrogens with one attached hydrogen (secondary N) is 1. The number of carbonyl (C=O) groups is 2. The molecular formula is C19H19NO3. The predicted molar refractivity (Wildman–Crippen MR) is 87.0 cm³/mol. The number of carbonyl (C=O) groups excluding carboxylic acids is 2. The number of Topliss-reactive ketones (excluding diaryl/α,β-unsaturated/α-hetero) is 1. The van der Waals surface area contributed by atoms with Crippen molar-refractivity contribution in [1.29, 1.82) is 0 Å². The zero-order valence-corrected chi connectivity index (χ0v) is 12.8. The summed E-state index contributed by atoms with van der Waals surface area (Å²) in [4.78, 5) is 23.8. The first-order valence-corrected chi connectivity index (χ1v) is 7.76. The quantitative estimate of drug-likeness (QED) is 0.941. The summed E-state index contributed by atoms with van der Waals surface area (Å²) >= 11 is 0. The number of hydrogen-bond donors (Lipinski definition) is 1. The third kappa shape index (κ3) is 3.97. The Kier molecular flexibility index (Phi) is 4.71. The maximum absolute atomic E-state index is 12.0. The maximum atomic E-state index is 12.0. The van der Waals surface area contributed by atoms with E-state index in [4.69, 9.17) is 4.74 Å². The molecule has 2 aromatic rings. The van der Waals surface area contributed by atoms with Gasteiger partial charge in [-0.25, -0.2) is 4.79 Å². The van der Waals surface area contributed by atoms with Crippen LogP contribution in [0.2, 0.25) is 0 Å². The minimum atomic E-state index is -0.477. The second-order valence-electron chi connectivity index (χ2n) is 5.78. The van der Waals surface area contributed by atoms with E-state index in [9.17, 15) is 9.59 Å². The van der Waals surface area contributed by atoms with E-state index in [0.717, 1.165) is 11.1 Å². The third-order valence-corrected chi connectivity index (χ3v) is 4.12. The number of amides is 1. The van der Waals surface area contributed by atoms with Gasteiger partial charge < -0.3 is 10.1 Å². The Balaban J connectivity index is 1.59. The van der Waals surface area contributed by atoms with Crippen LogP contribution in [0.3, 0.4) is 0 Å². The van der Waals surface area contributed by atoms with Gasteiger partial charge in [0.1, 0.15) is 12.4 Å². The Morgan fingerprint density at radius 1 is 1.00 bits per heavy atom. The predicted octanol–water partition coefficient (Wildman–Crippen LogP) is 3.43. The highest BCUT2D eigenvalue weighted by atomic mass is 16.5. The van der Waals surface area contributed by atoms with Gasteiger partial charge in [-0.3, -0.25) is 4.79 Å². The van der Waals surface area contributed by atoms with Crippen LogP contribution in [0.25, 0.3) is 0 Å². The Hall–Kier alpha value is -2.62. The van der Waals surface area contributed by atoms with Gasteiger partial charge in [0.15, 0.2) is 0 Å². The van der Waals surface area contributed by atoms with Crippen LogP contribution in [0.1, 0.15) is 29.9 Å². The molecule has 1 fully saturated rings. The highest BCUT2D eigenvalue weighted by Gasteiger charge is 2.35. The normalized spacial score (nSPS) is 20.3. The number of hydrogen-bond acceptors (Lipinski definition) is 3. The average molecular weight is 309 g/mol. The summed E-state index contributed by atoms with van der Waals surface area (Å²) in [7, 11) is 0. The summed E-state index contributed by atoms with van der Waals surface area (Å²) in [6.07, 6.45) is 0.350. The zero-order valence-electron chi connectivity index (χ0n) is 12.8. The van der Waals surface area contributed by atoms with E-state index in [2.05, 4.69) is 5.32 Å². The SMILES string of the molecule is O=C1C[C@H](NC(=O)OCc2ccccc2)[C@@H](c2ccccc2)C1. The van der Waals surface area contributed by atoms with Gasteiger partial charge >= 0.3 is 6.09 Å². The first-order valence-electron chi connectivity index (χ1n) is 7.76. The molecule has 4 nitrogen and oxygen atoms in total. The molecule has 0 heterocycles. The van der Waals surface area contributed by atoms with Gasteiger partial charge in [0.25, 0.3) is 0 Å². The molecule has 1 aliphatic carbocycles. The lowest BCUT2D eigenvalue weighted by Crippen LogP contribution is -2.37. The molecule has 0 radical (unpaired) electrons. The van der Waals surface area contributed by atoms with E-state index in [1.807, 2.05) is 60.7 Å². The third-order valence-electron chi connectivity index (χ3n) is 4.12. The monoisotopic (exact) mass is 309 g/mol. The van der Waals surface area contributed by atoms with Crippen molar-refractivity contribution in [3.8, 4) is 0 Å². The van der Waals surface area contributed by atoms with Crippen molar-refractivity contribution < 1.29 is 14.3 Å². The topological polar surface area (TPSA) is 55.4 Å². The highest BCUT2D eigenvalue weighted by molar-refractivity contribution is 5.84. The standard InChI is InChI=1S/C19H19NO3/c21-16-11-17(15-9-5-2-6-10-15)18(12-16)20-19(22)23-13-14-7-3-1-4-8-14/h1-10,17-18H,11-13H2,(H,20,22)/t17-,18+/m1/s1. The van der Waals surface area contributed by atoms with Gasteiger partial charge in [-0.1, -0.05) is 60.7 Å². The largest absolute Gasteiger partial charge is 0.445 e. The van der Waals surface area contributed by atoms with E-state index in [-0.39, 0.29) is 24.3 Å². The Labute approximate surface area is 135 Å². The number of benzene rings is 2. The molecule has 0 unspecified atom stereocenters. The van der Waals surface area contributed by atoms with Crippen molar-refractivity contribution in [3.05, 3.63) is 71.8 Å². The minimum Gasteiger partial charge on any atom is -0.445 e. The Morgan fingerprint density at radius 3 is 2.35 bits per heavy atom. The summed E-state index contributed by atoms with van der Waals surface area (Å²) in [5, 5.41) is 2.85. The van der Waals surface area contributed by atoms with Gasteiger partial charge in [0, 0.05) is 24.8 Å². The number of ketones is 1. The van der Waals surface area contributed by atoms with Crippen LogP contribution in [0, 0.1) is 0 Å². The van der Waals surface area contributed by atoms with E-state index >= 15 is 0 Å². The van der Waals surface area contributed by atoms with Crippen LogP contribution >= 0.6 is 0 Å². The molecule has 1 N–H and O–H groups in total. The van der Waals surface area contributed by atoms with Crippen LogP contribution in [-0.2, 0) is 16.1 Å². The molecule has 0 saturated heterocycles. The van der Waals surface area contributed by atoms with E-state index in [1.54, 1.807) is 0 Å². The molecule has 0 spiro atoms. The number of ether oxygens (including phenoxy) is 1. The summed E-state index contributed by atoms with van der Waals surface area (Å²) < 4.78 is 5.25. The molecule has 4 heteroatoms. The molecule has 118 valence electrons. The molecule has 3 rings (SSSR count). The van der Waals surface area contributed by atoms with Crippen LogP contribution < -0.4 is 5.32 Å². The molecule has 1 aliphatic rings. The zero-order chi connectivity index (χ0) is 16.1. The lowest BCUT2D eigenvalue weighted by molar-refractivity contribution is -0.117. The molecule has 2 aromatic carbocycles. The fourth-order valence-electron chi connectivity index (χ4n) is 2.98. The van der Waals surface area contributed by atoms with Crippen molar-refractivity contribution >= 4 is 11.9 Å². The summed E-state index contributed by atoms with van der Waals surface area (Å²) in [6, 6.07) is 19.1. The number of rotatable bonds is 4. The first kappa shape index (κ1) is 15.3. The minimum absolute atomic E-state index is 0.0213. The van der Waals surface area contributed by atoms with Crippen molar-refractivity contribution in [3.63, 3.8) is 0 Å². The summed E-state index contributed by atoms with van der Waals surface area (Å²) in [5.74, 6) is 0.195. The summed E-state index contributed by atoms with van der Waals surface area (Å²) in [6.45, 7) is 0.226. The fraction of sp³-hybridized carbons (Fsp3) is 0.263. The smallest absolute Gasteiger partial charge is 0.407 e. The molecule has 1 amide bonds. The van der Waals surface area contributed by atoms with Crippen molar-refractivity contribution in [2.24, 2.45) is 0 Å². The van der Waals surface area contributed by atoms with E-state index in [1.165, 1.54) is 0 Å². The molecule has 0 aromatic heterocycles. The van der Waals surface area contributed by atoms with Gasteiger partial charge in [0.05, 0.1) is 0 Å². The molecule has 0 bridgehead atoms.